The lowest BCUT2D eigenvalue weighted by Crippen LogP contribution is -2.59. The van der Waals surface area contributed by atoms with Crippen molar-refractivity contribution in [3.8, 4) is 0 Å². The molecule has 1 aromatic heterocycles. The lowest BCUT2D eigenvalue weighted by atomic mass is 10.0. The van der Waals surface area contributed by atoms with E-state index in [-0.39, 0.29) is 42.5 Å². The van der Waals surface area contributed by atoms with E-state index in [0.29, 0.717) is 23.9 Å². The SMILES string of the molecule is CC(C)CC(NC(=O)c1cnc2ccccc2n1)C(=O)N[C@@H]1C(=O)CCCCN1C(=O)Nc1ccccc1F. The van der Waals surface area contributed by atoms with Gasteiger partial charge in [-0.05, 0) is 49.4 Å². The van der Waals surface area contributed by atoms with Gasteiger partial charge in [-0.25, -0.2) is 14.2 Å². The number of urea groups is 1. The zero-order valence-electron chi connectivity index (χ0n) is 21.8. The molecule has 0 spiro atoms. The van der Waals surface area contributed by atoms with E-state index >= 15 is 0 Å². The van der Waals surface area contributed by atoms with Gasteiger partial charge in [0.2, 0.25) is 5.91 Å². The predicted molar refractivity (Wildman–Crippen MR) is 143 cm³/mol. The number of nitrogens with zero attached hydrogens (tertiary/aromatic N) is 3. The highest BCUT2D eigenvalue weighted by Gasteiger charge is 2.35. The Balaban J connectivity index is 1.52. The van der Waals surface area contributed by atoms with Crippen LogP contribution in [-0.2, 0) is 9.59 Å². The minimum atomic E-state index is -1.27. The third-order valence-electron chi connectivity index (χ3n) is 6.35. The summed E-state index contributed by atoms with van der Waals surface area (Å²) >= 11 is 0. The highest BCUT2D eigenvalue weighted by atomic mass is 19.1. The van der Waals surface area contributed by atoms with Crippen LogP contribution in [0, 0.1) is 11.7 Å². The number of amides is 4. The maximum absolute atomic E-state index is 14.1. The number of carbonyl (C=O) groups is 4. The summed E-state index contributed by atoms with van der Waals surface area (Å²) in [5, 5.41) is 7.86. The van der Waals surface area contributed by atoms with Crippen LogP contribution >= 0.6 is 0 Å². The number of hydrogen-bond donors (Lipinski definition) is 3. The maximum Gasteiger partial charge on any atom is 0.323 e. The van der Waals surface area contributed by atoms with Crippen LogP contribution in [0.1, 0.15) is 50.0 Å². The summed E-state index contributed by atoms with van der Waals surface area (Å²) in [6, 6.07) is 11.1. The summed E-state index contributed by atoms with van der Waals surface area (Å²) in [7, 11) is 0. The Hall–Kier alpha value is -4.41. The topological polar surface area (TPSA) is 133 Å². The van der Waals surface area contributed by atoms with Crippen molar-refractivity contribution in [2.24, 2.45) is 5.92 Å². The van der Waals surface area contributed by atoms with Gasteiger partial charge in [-0.2, -0.15) is 0 Å². The molecule has 0 saturated carbocycles. The van der Waals surface area contributed by atoms with Crippen molar-refractivity contribution in [3.63, 3.8) is 0 Å². The quantitative estimate of drug-likeness (QED) is 0.424. The van der Waals surface area contributed by atoms with Gasteiger partial charge in [0.15, 0.2) is 11.9 Å². The van der Waals surface area contributed by atoms with Gasteiger partial charge in [0.1, 0.15) is 17.6 Å². The Morgan fingerprint density at radius 3 is 2.51 bits per heavy atom. The molecule has 1 aliphatic heterocycles. The molecule has 1 fully saturated rings. The van der Waals surface area contributed by atoms with Crippen molar-refractivity contribution in [1.82, 2.24) is 25.5 Å². The Morgan fingerprint density at radius 2 is 1.77 bits per heavy atom. The van der Waals surface area contributed by atoms with E-state index in [1.165, 1.54) is 29.3 Å². The number of hydrogen-bond acceptors (Lipinski definition) is 6. The molecular formula is C28H31FN6O4. The number of halogens is 1. The number of fused-ring (bicyclic) bond motifs is 1. The van der Waals surface area contributed by atoms with Gasteiger partial charge in [-0.1, -0.05) is 38.1 Å². The number of rotatable bonds is 7. The van der Waals surface area contributed by atoms with Crippen LogP contribution in [0.3, 0.4) is 0 Å². The fraction of sp³-hybridized carbons (Fsp3) is 0.357. The van der Waals surface area contributed by atoms with Gasteiger partial charge >= 0.3 is 6.03 Å². The van der Waals surface area contributed by atoms with Crippen molar-refractivity contribution in [2.75, 3.05) is 11.9 Å². The van der Waals surface area contributed by atoms with Gasteiger partial charge in [0.25, 0.3) is 5.91 Å². The highest BCUT2D eigenvalue weighted by Crippen LogP contribution is 2.18. The van der Waals surface area contributed by atoms with Crippen LogP contribution in [0.15, 0.2) is 54.7 Å². The Kier molecular flexibility index (Phi) is 8.80. The van der Waals surface area contributed by atoms with Crippen LogP contribution in [0.5, 0.6) is 0 Å². The molecule has 11 heteroatoms. The number of benzene rings is 2. The zero-order valence-corrected chi connectivity index (χ0v) is 21.8. The summed E-state index contributed by atoms with van der Waals surface area (Å²) in [4.78, 5) is 62.3. The molecule has 0 aliphatic carbocycles. The molecule has 3 aromatic rings. The molecule has 0 radical (unpaired) electrons. The first-order valence-electron chi connectivity index (χ1n) is 12.9. The second kappa shape index (κ2) is 12.4. The van der Waals surface area contributed by atoms with Crippen LogP contribution in [0.25, 0.3) is 11.0 Å². The van der Waals surface area contributed by atoms with Gasteiger partial charge < -0.3 is 16.0 Å². The van der Waals surface area contributed by atoms with Gasteiger partial charge in [-0.15, -0.1) is 0 Å². The van der Waals surface area contributed by atoms with Crippen molar-refractivity contribution in [3.05, 3.63) is 66.2 Å². The van der Waals surface area contributed by atoms with Crippen LogP contribution < -0.4 is 16.0 Å². The molecule has 1 unspecified atom stereocenters. The number of likely N-dealkylation sites (tertiary alicyclic amines) is 1. The molecular weight excluding hydrogens is 503 g/mol. The Morgan fingerprint density at radius 1 is 1.05 bits per heavy atom. The molecule has 2 atom stereocenters. The average molecular weight is 535 g/mol. The van der Waals surface area contributed by atoms with E-state index in [1.807, 2.05) is 19.9 Å². The maximum atomic E-state index is 14.1. The summed E-state index contributed by atoms with van der Waals surface area (Å²) in [6.07, 6.45) is 1.60. The molecule has 3 N–H and O–H groups in total. The number of anilines is 1. The number of nitrogens with one attached hydrogen (secondary N) is 3. The molecule has 0 bridgehead atoms. The molecule has 4 amide bonds. The number of para-hydroxylation sites is 3. The zero-order chi connectivity index (χ0) is 27.9. The fourth-order valence-electron chi connectivity index (χ4n) is 4.38. The second-order valence-corrected chi connectivity index (χ2v) is 9.84. The first-order valence-corrected chi connectivity index (χ1v) is 12.9. The van der Waals surface area contributed by atoms with E-state index in [9.17, 15) is 23.6 Å². The molecule has 1 saturated heterocycles. The van der Waals surface area contributed by atoms with Crippen molar-refractivity contribution < 1.29 is 23.6 Å². The summed E-state index contributed by atoms with van der Waals surface area (Å²) < 4.78 is 14.1. The van der Waals surface area contributed by atoms with Crippen LogP contribution in [-0.4, -0.2) is 57.2 Å². The van der Waals surface area contributed by atoms with E-state index in [1.54, 1.807) is 24.3 Å². The second-order valence-electron chi connectivity index (χ2n) is 9.84. The number of ketones is 1. The monoisotopic (exact) mass is 534 g/mol. The molecule has 204 valence electrons. The third kappa shape index (κ3) is 6.92. The molecule has 2 aromatic carbocycles. The number of carbonyl (C=O) groups excluding carboxylic acids is 4. The van der Waals surface area contributed by atoms with Gasteiger partial charge in [0, 0.05) is 13.0 Å². The largest absolute Gasteiger partial charge is 0.339 e. The third-order valence-corrected chi connectivity index (χ3v) is 6.35. The van der Waals surface area contributed by atoms with Crippen molar-refractivity contribution in [1.29, 1.82) is 0 Å². The highest BCUT2D eigenvalue weighted by molar-refractivity contribution is 5.99. The van der Waals surface area contributed by atoms with Crippen molar-refractivity contribution in [2.45, 2.75) is 51.7 Å². The van der Waals surface area contributed by atoms with Crippen LogP contribution in [0.2, 0.25) is 0 Å². The smallest absolute Gasteiger partial charge is 0.323 e. The number of Topliss-reactive ketones (excluding diaryl/α,β-unsaturated/α-hetero) is 1. The normalized spacial score (nSPS) is 16.5. The number of aromatic nitrogens is 2. The van der Waals surface area contributed by atoms with Gasteiger partial charge in [-0.3, -0.25) is 24.3 Å². The molecule has 4 rings (SSSR count). The summed E-state index contributed by atoms with van der Waals surface area (Å²) in [5.74, 6) is -2.15. The fourth-order valence-corrected chi connectivity index (χ4v) is 4.38. The van der Waals surface area contributed by atoms with E-state index < -0.39 is 35.9 Å². The summed E-state index contributed by atoms with van der Waals surface area (Å²) in [6.45, 7) is 3.98. The Bertz CT molecular complexity index is 1380. The minimum Gasteiger partial charge on any atom is -0.339 e. The lowest BCUT2D eigenvalue weighted by Gasteiger charge is -2.31. The predicted octanol–water partition coefficient (Wildman–Crippen LogP) is 3.64. The Labute approximate surface area is 225 Å². The lowest BCUT2D eigenvalue weighted by molar-refractivity contribution is -0.131. The van der Waals surface area contributed by atoms with Crippen LogP contribution in [0.4, 0.5) is 14.9 Å². The molecule has 10 nitrogen and oxygen atoms in total. The van der Waals surface area contributed by atoms with Gasteiger partial charge in [0.05, 0.1) is 22.9 Å². The summed E-state index contributed by atoms with van der Waals surface area (Å²) in [5.41, 5.74) is 1.18. The first-order chi connectivity index (χ1) is 18.7. The van der Waals surface area contributed by atoms with E-state index in [2.05, 4.69) is 25.9 Å². The molecule has 39 heavy (non-hydrogen) atoms. The van der Waals surface area contributed by atoms with E-state index in [0.717, 1.165) is 0 Å². The standard InChI is InChI=1S/C28H31FN6O4/c1-17(2)15-22(32-27(38)23-16-30-20-11-5-6-12-21(20)31-23)26(37)34-25-24(36)13-7-8-14-35(25)28(39)33-19-10-4-3-9-18(19)29/h3-6,9-12,16-17,22,25H,7-8,13-15H2,1-2H3,(H,32,38)(H,33,39)(H,34,37)/t22?,25-/m0/s1. The van der Waals surface area contributed by atoms with E-state index in [4.69, 9.17) is 0 Å². The first kappa shape index (κ1) is 27.6. The average Bonchev–Trinajstić information content (AvgIpc) is 3.10. The minimum absolute atomic E-state index is 0.0223. The molecule has 2 heterocycles. The van der Waals surface area contributed by atoms with Crippen molar-refractivity contribution >= 4 is 40.3 Å². The molecule has 1 aliphatic rings.